The van der Waals surface area contributed by atoms with Crippen LogP contribution in [0.2, 0.25) is 0 Å². The normalized spacial score (nSPS) is 18.1. The van der Waals surface area contributed by atoms with Crippen LogP contribution in [0.4, 0.5) is 0 Å². The molecule has 1 heterocycles. The molecular weight excluding hydrogens is 328 g/mol. The number of aliphatic carboxylic acids is 1. The fraction of sp³-hybridized carbons (Fsp3) is 0.333. The molecule has 0 spiro atoms. The predicted octanol–water partition coefficient (Wildman–Crippen LogP) is 2.48. The lowest BCUT2D eigenvalue weighted by atomic mass is 9.84. The number of hydrogen-bond donors (Lipinski definition) is 2. The van der Waals surface area contributed by atoms with Gasteiger partial charge in [-0.05, 0) is 31.0 Å². The second-order valence-corrected chi connectivity index (χ2v) is 6.59. The van der Waals surface area contributed by atoms with Gasteiger partial charge in [0.1, 0.15) is 6.04 Å². The van der Waals surface area contributed by atoms with Crippen LogP contribution in [0, 0.1) is 0 Å². The number of carbonyl (C=O) groups excluding carboxylic acids is 1. The van der Waals surface area contributed by atoms with Gasteiger partial charge in [-0.3, -0.25) is 4.79 Å². The monoisotopic (exact) mass is 352 g/mol. The molecule has 2 atom stereocenters. The van der Waals surface area contributed by atoms with Gasteiger partial charge in [0, 0.05) is 12.5 Å². The number of nitrogens with zero attached hydrogens (tertiary/aromatic N) is 1. The van der Waals surface area contributed by atoms with Gasteiger partial charge in [0.15, 0.2) is 0 Å². The van der Waals surface area contributed by atoms with Gasteiger partial charge < -0.3 is 15.3 Å². The zero-order chi connectivity index (χ0) is 18.5. The van der Waals surface area contributed by atoms with Crippen molar-refractivity contribution in [1.82, 2.24) is 10.2 Å². The third-order valence-electron chi connectivity index (χ3n) is 5.05. The van der Waals surface area contributed by atoms with E-state index >= 15 is 0 Å². The fourth-order valence-electron chi connectivity index (χ4n) is 3.80. The summed E-state index contributed by atoms with van der Waals surface area (Å²) < 4.78 is 0. The summed E-state index contributed by atoms with van der Waals surface area (Å²) in [5.74, 6) is -1.28. The minimum atomic E-state index is -0.929. The number of likely N-dealkylation sites (N-methyl/N-ethyl adjacent to an activating group) is 1. The summed E-state index contributed by atoms with van der Waals surface area (Å²) in [7, 11) is 1.76. The van der Waals surface area contributed by atoms with Gasteiger partial charge in [-0.25, -0.2) is 4.79 Å². The number of carboxylic acids is 1. The third-order valence-corrected chi connectivity index (χ3v) is 5.05. The van der Waals surface area contributed by atoms with Crippen molar-refractivity contribution in [3.05, 3.63) is 71.8 Å². The van der Waals surface area contributed by atoms with Crippen molar-refractivity contribution in [2.75, 3.05) is 13.6 Å². The Morgan fingerprint density at radius 1 is 1.04 bits per heavy atom. The van der Waals surface area contributed by atoms with Crippen LogP contribution >= 0.6 is 0 Å². The standard InChI is InChI=1S/C21H24N2O3/c1-22-19(20(24)23-14-8-13-17(23)21(25)26)18(15-9-4-2-5-10-15)16-11-6-3-7-12-16/h2-7,9-12,17-19,22H,8,13-14H2,1H3,(H,25,26). The predicted molar refractivity (Wildman–Crippen MR) is 99.9 cm³/mol. The molecule has 0 bridgehead atoms. The number of carbonyl (C=O) groups is 2. The minimum absolute atomic E-state index is 0.157. The second kappa shape index (κ2) is 8.15. The number of nitrogens with one attached hydrogen (secondary N) is 1. The van der Waals surface area contributed by atoms with Gasteiger partial charge in [-0.1, -0.05) is 60.7 Å². The SMILES string of the molecule is CNC(C(=O)N1CCCC1C(=O)O)C(c1ccccc1)c1ccccc1. The molecule has 5 heteroatoms. The van der Waals surface area contributed by atoms with Crippen LogP contribution < -0.4 is 5.32 Å². The van der Waals surface area contributed by atoms with E-state index in [2.05, 4.69) is 5.32 Å². The molecule has 1 aliphatic rings. The topological polar surface area (TPSA) is 69.6 Å². The second-order valence-electron chi connectivity index (χ2n) is 6.59. The van der Waals surface area contributed by atoms with E-state index in [0.29, 0.717) is 13.0 Å². The quantitative estimate of drug-likeness (QED) is 0.838. The van der Waals surface area contributed by atoms with Gasteiger partial charge in [0.25, 0.3) is 0 Å². The van der Waals surface area contributed by atoms with E-state index < -0.39 is 18.1 Å². The van der Waals surface area contributed by atoms with E-state index in [1.54, 1.807) is 7.05 Å². The summed E-state index contributed by atoms with van der Waals surface area (Å²) in [6, 6.07) is 18.5. The lowest BCUT2D eigenvalue weighted by Crippen LogP contribution is -2.52. The van der Waals surface area contributed by atoms with Crippen molar-refractivity contribution in [2.45, 2.75) is 30.8 Å². The van der Waals surface area contributed by atoms with Crippen LogP contribution in [-0.2, 0) is 9.59 Å². The highest BCUT2D eigenvalue weighted by atomic mass is 16.4. The summed E-state index contributed by atoms with van der Waals surface area (Å²) in [5, 5.41) is 12.6. The molecule has 0 saturated carbocycles. The van der Waals surface area contributed by atoms with Crippen LogP contribution in [-0.4, -0.2) is 47.6 Å². The van der Waals surface area contributed by atoms with Crippen LogP contribution in [0.3, 0.4) is 0 Å². The van der Waals surface area contributed by atoms with E-state index in [1.165, 1.54) is 4.90 Å². The Labute approximate surface area is 153 Å². The van der Waals surface area contributed by atoms with E-state index in [9.17, 15) is 14.7 Å². The summed E-state index contributed by atoms with van der Waals surface area (Å²) in [6.45, 7) is 0.490. The average molecular weight is 352 g/mol. The van der Waals surface area contributed by atoms with Crippen molar-refractivity contribution in [1.29, 1.82) is 0 Å². The lowest BCUT2D eigenvalue weighted by molar-refractivity contribution is -0.149. The third kappa shape index (κ3) is 3.63. The molecule has 2 aromatic carbocycles. The first-order valence-electron chi connectivity index (χ1n) is 8.94. The smallest absolute Gasteiger partial charge is 0.326 e. The maximum Gasteiger partial charge on any atom is 0.326 e. The Hall–Kier alpha value is -2.66. The van der Waals surface area contributed by atoms with Crippen molar-refractivity contribution in [2.24, 2.45) is 0 Å². The molecule has 0 aromatic heterocycles. The molecule has 136 valence electrons. The molecule has 3 rings (SSSR count). The lowest BCUT2D eigenvalue weighted by Gasteiger charge is -2.32. The van der Waals surface area contributed by atoms with E-state index in [1.807, 2.05) is 60.7 Å². The Morgan fingerprint density at radius 3 is 2.04 bits per heavy atom. The first kappa shape index (κ1) is 18.1. The van der Waals surface area contributed by atoms with Gasteiger partial charge in [-0.15, -0.1) is 0 Å². The van der Waals surface area contributed by atoms with Crippen molar-refractivity contribution >= 4 is 11.9 Å². The van der Waals surface area contributed by atoms with E-state index in [-0.39, 0.29) is 11.8 Å². The highest BCUT2D eigenvalue weighted by molar-refractivity contribution is 5.88. The summed E-state index contributed by atoms with van der Waals surface area (Å²) in [4.78, 5) is 26.3. The maximum absolute atomic E-state index is 13.3. The number of carboxylic acid groups (broad SMARTS) is 1. The van der Waals surface area contributed by atoms with Crippen LogP contribution in [0.15, 0.2) is 60.7 Å². The molecule has 2 unspecified atom stereocenters. The molecule has 1 aliphatic heterocycles. The Morgan fingerprint density at radius 2 is 1.58 bits per heavy atom. The number of hydrogen-bond acceptors (Lipinski definition) is 3. The van der Waals surface area contributed by atoms with Gasteiger partial charge in [-0.2, -0.15) is 0 Å². The number of likely N-dealkylation sites (tertiary alicyclic amines) is 1. The number of rotatable bonds is 6. The first-order valence-corrected chi connectivity index (χ1v) is 8.94. The molecule has 0 radical (unpaired) electrons. The van der Waals surface area contributed by atoms with Gasteiger partial charge >= 0.3 is 5.97 Å². The minimum Gasteiger partial charge on any atom is -0.480 e. The number of benzene rings is 2. The molecule has 5 nitrogen and oxygen atoms in total. The van der Waals surface area contributed by atoms with E-state index in [4.69, 9.17) is 0 Å². The van der Waals surface area contributed by atoms with E-state index in [0.717, 1.165) is 17.5 Å². The Balaban J connectivity index is 1.98. The maximum atomic E-state index is 13.3. The molecular formula is C21H24N2O3. The fourth-order valence-corrected chi connectivity index (χ4v) is 3.80. The Kier molecular flexibility index (Phi) is 5.68. The summed E-state index contributed by atoms with van der Waals surface area (Å²) in [5.41, 5.74) is 2.05. The van der Waals surface area contributed by atoms with Crippen LogP contribution in [0.25, 0.3) is 0 Å². The van der Waals surface area contributed by atoms with Gasteiger partial charge in [0.05, 0.1) is 6.04 Å². The molecule has 1 fully saturated rings. The summed E-state index contributed by atoms with van der Waals surface area (Å²) >= 11 is 0. The molecule has 0 aliphatic carbocycles. The molecule has 1 amide bonds. The highest BCUT2D eigenvalue weighted by Gasteiger charge is 2.40. The Bertz CT molecular complexity index is 709. The van der Waals surface area contributed by atoms with Gasteiger partial charge in [0.2, 0.25) is 5.91 Å². The van der Waals surface area contributed by atoms with Crippen molar-refractivity contribution in [3.8, 4) is 0 Å². The average Bonchev–Trinajstić information content (AvgIpc) is 3.17. The van der Waals surface area contributed by atoms with Crippen LogP contribution in [0.1, 0.15) is 29.9 Å². The molecule has 1 saturated heterocycles. The first-order chi connectivity index (χ1) is 12.6. The largest absolute Gasteiger partial charge is 0.480 e. The van der Waals surface area contributed by atoms with Crippen molar-refractivity contribution < 1.29 is 14.7 Å². The highest BCUT2D eigenvalue weighted by Crippen LogP contribution is 2.30. The van der Waals surface area contributed by atoms with Crippen LogP contribution in [0.5, 0.6) is 0 Å². The van der Waals surface area contributed by atoms with Crippen molar-refractivity contribution in [3.63, 3.8) is 0 Å². The summed E-state index contributed by atoms with van der Waals surface area (Å²) in [6.07, 6.45) is 1.24. The zero-order valence-electron chi connectivity index (χ0n) is 14.8. The molecule has 26 heavy (non-hydrogen) atoms. The zero-order valence-corrected chi connectivity index (χ0v) is 14.8. The number of amides is 1. The molecule has 2 N–H and O–H groups in total. The molecule has 2 aromatic rings.